The molecule has 0 bridgehead atoms. The molecule has 0 saturated heterocycles. The summed E-state index contributed by atoms with van der Waals surface area (Å²) >= 11 is 3.45. The topological polar surface area (TPSA) is 0 Å². The highest BCUT2D eigenvalue weighted by atomic mass is 79.9. The molecule has 1 heteroatoms. The molecule has 0 aliphatic heterocycles. The van der Waals surface area contributed by atoms with Crippen LogP contribution in [0.4, 0.5) is 0 Å². The first-order valence-corrected chi connectivity index (χ1v) is 7.05. The summed E-state index contributed by atoms with van der Waals surface area (Å²) < 4.78 is 0. The molecule has 0 heterocycles. The van der Waals surface area contributed by atoms with E-state index in [1.54, 1.807) is 0 Å². The first-order chi connectivity index (χ1) is 6.91. The molecule has 0 aliphatic rings. The van der Waals surface area contributed by atoms with Crippen molar-refractivity contribution >= 4 is 15.9 Å². The van der Waals surface area contributed by atoms with Crippen molar-refractivity contribution < 1.29 is 0 Å². The molecular weight excluding hydrogens is 236 g/mol. The highest BCUT2D eigenvalue weighted by Gasteiger charge is 1.87. The fraction of sp³-hybridized carbons (Fsp3) is 0.846. The molecule has 0 radical (unpaired) electrons. The molecule has 0 amide bonds. The van der Waals surface area contributed by atoms with Crippen LogP contribution >= 0.6 is 15.9 Å². The standard InChI is InChI=1S/C13H23Br/c1-2-3-4-5-6-7-8-9-10-11-12-13-14/h2-4,7-13H2,1H3. The highest BCUT2D eigenvalue weighted by molar-refractivity contribution is 9.09. The van der Waals surface area contributed by atoms with Gasteiger partial charge in [-0.15, -0.1) is 11.8 Å². The van der Waals surface area contributed by atoms with Gasteiger partial charge in [0.2, 0.25) is 0 Å². The van der Waals surface area contributed by atoms with Gasteiger partial charge in [-0.2, -0.15) is 0 Å². The highest BCUT2D eigenvalue weighted by Crippen LogP contribution is 2.05. The van der Waals surface area contributed by atoms with Gasteiger partial charge in [-0.25, -0.2) is 0 Å². The minimum absolute atomic E-state index is 1.10. The number of halogens is 1. The van der Waals surface area contributed by atoms with Crippen LogP contribution in [0.1, 0.15) is 64.7 Å². The van der Waals surface area contributed by atoms with E-state index < -0.39 is 0 Å². The smallest absolute Gasteiger partial charge is 0.00886 e. The second-order valence-corrected chi connectivity index (χ2v) is 4.46. The van der Waals surface area contributed by atoms with Crippen molar-refractivity contribution in [2.24, 2.45) is 0 Å². The van der Waals surface area contributed by atoms with Crippen LogP contribution < -0.4 is 0 Å². The molecule has 0 aromatic rings. The largest absolute Gasteiger partial charge is 0.103 e. The fourth-order valence-corrected chi connectivity index (χ4v) is 1.68. The molecule has 14 heavy (non-hydrogen) atoms. The van der Waals surface area contributed by atoms with E-state index in [1.165, 1.54) is 44.9 Å². The molecule has 82 valence electrons. The average Bonchev–Trinajstić information content (AvgIpc) is 2.21. The Morgan fingerprint density at radius 3 is 2.00 bits per heavy atom. The van der Waals surface area contributed by atoms with E-state index in [-0.39, 0.29) is 0 Å². The quantitative estimate of drug-likeness (QED) is 0.330. The Labute approximate surface area is 98.0 Å². The molecule has 0 atom stereocenters. The predicted molar refractivity (Wildman–Crippen MR) is 68.8 cm³/mol. The van der Waals surface area contributed by atoms with E-state index in [1.807, 2.05) is 0 Å². The van der Waals surface area contributed by atoms with Gasteiger partial charge >= 0.3 is 0 Å². The van der Waals surface area contributed by atoms with Crippen LogP contribution in [0.3, 0.4) is 0 Å². The zero-order chi connectivity index (χ0) is 10.5. The number of rotatable bonds is 8. The van der Waals surface area contributed by atoms with E-state index in [2.05, 4.69) is 34.7 Å². The first kappa shape index (κ1) is 14.0. The molecule has 0 saturated carbocycles. The molecule has 0 aromatic heterocycles. The summed E-state index contributed by atoms with van der Waals surface area (Å²) in [5.41, 5.74) is 0. The van der Waals surface area contributed by atoms with Gasteiger partial charge in [-0.1, -0.05) is 48.5 Å². The lowest BCUT2D eigenvalue weighted by molar-refractivity contribution is 0.644. The summed E-state index contributed by atoms with van der Waals surface area (Å²) in [5, 5.41) is 1.16. The van der Waals surface area contributed by atoms with Gasteiger partial charge in [0.05, 0.1) is 0 Å². The summed E-state index contributed by atoms with van der Waals surface area (Å²) in [6.45, 7) is 2.21. The second-order valence-electron chi connectivity index (χ2n) is 3.66. The minimum Gasteiger partial charge on any atom is -0.103 e. The van der Waals surface area contributed by atoms with Crippen LogP contribution in [0, 0.1) is 11.8 Å². The summed E-state index contributed by atoms with van der Waals surface area (Å²) in [6.07, 6.45) is 11.5. The van der Waals surface area contributed by atoms with Gasteiger partial charge in [0, 0.05) is 18.2 Å². The third-order valence-electron chi connectivity index (χ3n) is 2.22. The van der Waals surface area contributed by atoms with Crippen molar-refractivity contribution in [3.8, 4) is 11.8 Å². The zero-order valence-corrected chi connectivity index (χ0v) is 11.0. The van der Waals surface area contributed by atoms with Crippen LogP contribution in [0.5, 0.6) is 0 Å². The normalized spacial score (nSPS) is 9.57. The second kappa shape index (κ2) is 13.0. The number of alkyl halides is 1. The van der Waals surface area contributed by atoms with Crippen LogP contribution in [0.25, 0.3) is 0 Å². The molecular formula is C13H23Br. The number of hydrogen-bond acceptors (Lipinski definition) is 0. The van der Waals surface area contributed by atoms with Crippen LogP contribution in [0.2, 0.25) is 0 Å². The molecule has 0 aromatic carbocycles. The predicted octanol–water partition coefficient (Wildman–Crippen LogP) is 4.92. The van der Waals surface area contributed by atoms with Crippen molar-refractivity contribution in [2.45, 2.75) is 64.7 Å². The van der Waals surface area contributed by atoms with Crippen LogP contribution in [-0.2, 0) is 0 Å². The monoisotopic (exact) mass is 258 g/mol. The maximum atomic E-state index is 3.45. The van der Waals surface area contributed by atoms with Gasteiger partial charge < -0.3 is 0 Å². The Balaban J connectivity index is 2.99. The van der Waals surface area contributed by atoms with E-state index in [0.717, 1.165) is 18.2 Å². The lowest BCUT2D eigenvalue weighted by Crippen LogP contribution is -1.79. The third kappa shape index (κ3) is 12.0. The summed E-state index contributed by atoms with van der Waals surface area (Å²) in [6, 6.07) is 0. The number of unbranched alkanes of at least 4 members (excludes halogenated alkanes) is 7. The number of hydrogen-bond donors (Lipinski definition) is 0. The molecule has 0 nitrogen and oxygen atoms in total. The summed E-state index contributed by atoms with van der Waals surface area (Å²) in [4.78, 5) is 0. The SMILES string of the molecule is CCCCC#CCCCCCCCBr. The Kier molecular flexibility index (Phi) is 13.1. The summed E-state index contributed by atoms with van der Waals surface area (Å²) in [7, 11) is 0. The maximum absolute atomic E-state index is 3.45. The van der Waals surface area contributed by atoms with E-state index in [0.29, 0.717) is 0 Å². The molecule has 0 spiro atoms. The van der Waals surface area contributed by atoms with E-state index >= 15 is 0 Å². The van der Waals surface area contributed by atoms with Gasteiger partial charge in [0.25, 0.3) is 0 Å². The lowest BCUT2D eigenvalue weighted by atomic mass is 10.1. The maximum Gasteiger partial charge on any atom is 0.00886 e. The molecule has 0 unspecified atom stereocenters. The van der Waals surface area contributed by atoms with Gasteiger partial charge in [-0.3, -0.25) is 0 Å². The van der Waals surface area contributed by atoms with Crippen molar-refractivity contribution in [2.75, 3.05) is 5.33 Å². The van der Waals surface area contributed by atoms with E-state index in [4.69, 9.17) is 0 Å². The van der Waals surface area contributed by atoms with E-state index in [9.17, 15) is 0 Å². The Bertz CT molecular complexity index is 152. The average molecular weight is 259 g/mol. The van der Waals surface area contributed by atoms with Gasteiger partial charge in [0.15, 0.2) is 0 Å². The Morgan fingerprint density at radius 1 is 0.786 bits per heavy atom. The fourth-order valence-electron chi connectivity index (χ4n) is 1.28. The Morgan fingerprint density at radius 2 is 1.36 bits per heavy atom. The van der Waals surface area contributed by atoms with Gasteiger partial charge in [-0.05, 0) is 19.3 Å². The molecule has 0 N–H and O–H groups in total. The minimum atomic E-state index is 1.10. The lowest BCUT2D eigenvalue weighted by Gasteiger charge is -1.95. The molecule has 0 aliphatic carbocycles. The Hall–Kier alpha value is 0.0400. The van der Waals surface area contributed by atoms with Crippen LogP contribution in [0.15, 0.2) is 0 Å². The van der Waals surface area contributed by atoms with Crippen molar-refractivity contribution in [3.63, 3.8) is 0 Å². The van der Waals surface area contributed by atoms with Crippen molar-refractivity contribution in [1.82, 2.24) is 0 Å². The molecule has 0 rings (SSSR count). The van der Waals surface area contributed by atoms with Crippen molar-refractivity contribution in [3.05, 3.63) is 0 Å². The third-order valence-corrected chi connectivity index (χ3v) is 2.78. The van der Waals surface area contributed by atoms with Crippen molar-refractivity contribution in [1.29, 1.82) is 0 Å². The van der Waals surface area contributed by atoms with Gasteiger partial charge in [0.1, 0.15) is 0 Å². The first-order valence-electron chi connectivity index (χ1n) is 5.93. The zero-order valence-electron chi connectivity index (χ0n) is 9.45. The van der Waals surface area contributed by atoms with Crippen LogP contribution in [-0.4, -0.2) is 5.33 Å². The molecule has 0 fully saturated rings. The summed E-state index contributed by atoms with van der Waals surface area (Å²) in [5.74, 6) is 6.48.